The largest absolute Gasteiger partial charge is 0.275 e. The molecule has 3 aliphatic rings. The number of hydrogen-bond acceptors (Lipinski definition) is 4. The molecule has 1 aromatic rings. The number of fused-ring (bicyclic) bond motifs is 1. The summed E-state index contributed by atoms with van der Waals surface area (Å²) in [6, 6.07) is 1.94. The van der Waals surface area contributed by atoms with Crippen LogP contribution in [0.5, 0.6) is 0 Å². The predicted molar refractivity (Wildman–Crippen MR) is 75.0 cm³/mol. The van der Waals surface area contributed by atoms with Crippen LogP contribution in [0, 0.1) is 11.8 Å². The van der Waals surface area contributed by atoms with Crippen LogP contribution >= 0.6 is 0 Å². The van der Waals surface area contributed by atoms with Gasteiger partial charge in [-0.05, 0) is 18.9 Å². The second kappa shape index (κ2) is 3.88. The fraction of sp³-hybridized carbons (Fsp3) is 0.429. The topological polar surface area (TPSA) is 62.9 Å². The van der Waals surface area contributed by atoms with Crippen LogP contribution in [0.25, 0.3) is 5.57 Å². The summed E-state index contributed by atoms with van der Waals surface area (Å²) in [4.78, 5) is 16.0. The van der Waals surface area contributed by atoms with Crippen LogP contribution in [0.2, 0.25) is 0 Å². The summed E-state index contributed by atoms with van der Waals surface area (Å²) in [5, 5.41) is 10.8. The van der Waals surface area contributed by atoms with Crippen molar-refractivity contribution < 1.29 is 4.79 Å². The molecule has 0 spiro atoms. The number of aromatic nitrogens is 2. The van der Waals surface area contributed by atoms with Crippen molar-refractivity contribution in [2.24, 2.45) is 29.0 Å². The SMILES string of the molecule is CN1N=C(C2CC2)C2C(c3ccn(C)n3)=CC(=O)N=C21. The second-order valence-electron chi connectivity index (χ2n) is 5.54. The second-order valence-corrected chi connectivity index (χ2v) is 5.54. The number of aryl methyl sites for hydroxylation is 1. The van der Waals surface area contributed by atoms with E-state index in [1.165, 1.54) is 12.8 Å². The molecule has 102 valence electrons. The standard InChI is InChI=1S/C14H15N5O/c1-18-6-5-10(16-18)9-7-11(20)15-14-12(9)13(8-3-4-8)17-19(14)2/h5-8,12H,3-4H2,1-2H3. The summed E-state index contributed by atoms with van der Waals surface area (Å²) < 4.78 is 1.75. The number of dihydropyridines is 1. The van der Waals surface area contributed by atoms with Crippen molar-refractivity contribution in [2.75, 3.05) is 7.05 Å². The Labute approximate surface area is 116 Å². The highest BCUT2D eigenvalue weighted by Crippen LogP contribution is 2.42. The first kappa shape index (κ1) is 11.6. The Bertz CT molecular complexity index is 692. The van der Waals surface area contributed by atoms with E-state index in [4.69, 9.17) is 0 Å². The van der Waals surface area contributed by atoms with Crippen LogP contribution in [-0.2, 0) is 11.8 Å². The summed E-state index contributed by atoms with van der Waals surface area (Å²) in [5.74, 6) is 1.05. The zero-order chi connectivity index (χ0) is 13.9. The summed E-state index contributed by atoms with van der Waals surface area (Å²) in [5.41, 5.74) is 2.90. The Morgan fingerprint density at radius 2 is 2.10 bits per heavy atom. The summed E-state index contributed by atoms with van der Waals surface area (Å²) in [6.07, 6.45) is 5.85. The van der Waals surface area contributed by atoms with Gasteiger partial charge in [0.15, 0.2) is 0 Å². The van der Waals surface area contributed by atoms with Gasteiger partial charge in [0.2, 0.25) is 0 Å². The van der Waals surface area contributed by atoms with E-state index in [2.05, 4.69) is 15.2 Å². The Morgan fingerprint density at radius 3 is 2.75 bits per heavy atom. The third kappa shape index (κ3) is 1.64. The van der Waals surface area contributed by atoms with Gasteiger partial charge in [0.25, 0.3) is 5.91 Å². The number of carbonyl (C=O) groups is 1. The molecule has 1 fully saturated rings. The lowest BCUT2D eigenvalue weighted by Crippen LogP contribution is -2.31. The maximum atomic E-state index is 11.9. The van der Waals surface area contributed by atoms with Gasteiger partial charge in [0.05, 0.1) is 17.3 Å². The van der Waals surface area contributed by atoms with Crippen molar-refractivity contribution in [1.29, 1.82) is 0 Å². The van der Waals surface area contributed by atoms with E-state index in [9.17, 15) is 4.79 Å². The molecular weight excluding hydrogens is 254 g/mol. The molecule has 1 aliphatic carbocycles. The lowest BCUT2D eigenvalue weighted by Gasteiger charge is -2.20. The first-order chi connectivity index (χ1) is 9.63. The van der Waals surface area contributed by atoms with Crippen molar-refractivity contribution in [3.8, 4) is 0 Å². The van der Waals surface area contributed by atoms with Crippen LogP contribution in [-0.4, -0.2) is 39.3 Å². The molecule has 4 rings (SSSR count). The number of nitrogens with zero attached hydrogens (tertiary/aromatic N) is 5. The Kier molecular flexibility index (Phi) is 2.24. The van der Waals surface area contributed by atoms with E-state index in [0.29, 0.717) is 5.92 Å². The van der Waals surface area contributed by atoms with Gasteiger partial charge in [-0.25, -0.2) is 0 Å². The van der Waals surface area contributed by atoms with E-state index in [-0.39, 0.29) is 11.8 Å². The van der Waals surface area contributed by atoms with E-state index in [1.54, 1.807) is 15.8 Å². The minimum absolute atomic E-state index is 0.0000926. The van der Waals surface area contributed by atoms with Crippen molar-refractivity contribution in [3.05, 3.63) is 24.0 Å². The van der Waals surface area contributed by atoms with E-state index < -0.39 is 0 Å². The highest BCUT2D eigenvalue weighted by Gasteiger charge is 2.45. The van der Waals surface area contributed by atoms with Crippen molar-refractivity contribution in [1.82, 2.24) is 14.8 Å². The summed E-state index contributed by atoms with van der Waals surface area (Å²) in [6.45, 7) is 0. The van der Waals surface area contributed by atoms with Crippen LogP contribution in [0.15, 0.2) is 28.4 Å². The molecule has 0 bridgehead atoms. The molecule has 2 aliphatic heterocycles. The van der Waals surface area contributed by atoms with Gasteiger partial charge in [-0.2, -0.15) is 15.2 Å². The van der Waals surface area contributed by atoms with Gasteiger partial charge in [-0.1, -0.05) is 0 Å². The van der Waals surface area contributed by atoms with Crippen molar-refractivity contribution in [2.45, 2.75) is 12.8 Å². The maximum Gasteiger partial charge on any atom is 0.271 e. The van der Waals surface area contributed by atoms with Gasteiger partial charge in [0, 0.05) is 37.9 Å². The molecule has 1 unspecified atom stereocenters. The third-order valence-electron chi connectivity index (χ3n) is 3.97. The number of amides is 1. The van der Waals surface area contributed by atoms with Crippen LogP contribution in [0.3, 0.4) is 0 Å². The van der Waals surface area contributed by atoms with E-state index in [1.807, 2.05) is 26.4 Å². The normalized spacial score (nSPS) is 25.3. The number of hydrazone groups is 1. The van der Waals surface area contributed by atoms with Crippen molar-refractivity contribution >= 4 is 23.0 Å². The zero-order valence-corrected chi connectivity index (χ0v) is 11.4. The Morgan fingerprint density at radius 1 is 1.30 bits per heavy atom. The summed E-state index contributed by atoms with van der Waals surface area (Å²) in [7, 11) is 3.73. The van der Waals surface area contributed by atoms with Gasteiger partial charge in [0.1, 0.15) is 5.84 Å². The smallest absolute Gasteiger partial charge is 0.271 e. The van der Waals surface area contributed by atoms with E-state index in [0.717, 1.165) is 22.8 Å². The molecule has 0 saturated heterocycles. The minimum atomic E-state index is -0.226. The first-order valence-corrected chi connectivity index (χ1v) is 6.80. The monoisotopic (exact) mass is 269 g/mol. The van der Waals surface area contributed by atoms with Gasteiger partial charge < -0.3 is 0 Å². The summed E-state index contributed by atoms with van der Waals surface area (Å²) >= 11 is 0. The molecule has 6 heteroatoms. The average Bonchev–Trinajstić information content (AvgIpc) is 3.09. The number of carbonyl (C=O) groups excluding carboxylic acids is 1. The minimum Gasteiger partial charge on any atom is -0.275 e. The van der Waals surface area contributed by atoms with Crippen LogP contribution < -0.4 is 0 Å². The third-order valence-corrected chi connectivity index (χ3v) is 3.97. The van der Waals surface area contributed by atoms with Gasteiger partial charge in [-0.3, -0.25) is 14.5 Å². The maximum absolute atomic E-state index is 11.9. The van der Waals surface area contributed by atoms with Crippen LogP contribution in [0.1, 0.15) is 18.5 Å². The first-order valence-electron chi connectivity index (χ1n) is 6.80. The molecule has 0 aromatic carbocycles. The quantitative estimate of drug-likeness (QED) is 0.806. The molecule has 0 N–H and O–H groups in total. The highest BCUT2D eigenvalue weighted by atomic mass is 16.1. The van der Waals surface area contributed by atoms with Crippen LogP contribution in [0.4, 0.5) is 0 Å². The van der Waals surface area contributed by atoms with Crippen molar-refractivity contribution in [3.63, 3.8) is 0 Å². The lowest BCUT2D eigenvalue weighted by molar-refractivity contribution is -0.113. The fourth-order valence-corrected chi connectivity index (χ4v) is 2.89. The fourth-order valence-electron chi connectivity index (χ4n) is 2.89. The number of amidine groups is 1. The molecule has 0 radical (unpaired) electrons. The zero-order valence-electron chi connectivity index (χ0n) is 11.4. The number of hydrogen-bond donors (Lipinski definition) is 0. The predicted octanol–water partition coefficient (Wildman–Crippen LogP) is 1.07. The lowest BCUT2D eigenvalue weighted by atomic mass is 9.87. The van der Waals surface area contributed by atoms with E-state index >= 15 is 0 Å². The number of aliphatic imine (C=N–C) groups is 1. The Hall–Kier alpha value is -2.24. The number of rotatable bonds is 2. The van der Waals surface area contributed by atoms with Gasteiger partial charge >= 0.3 is 0 Å². The molecule has 6 nitrogen and oxygen atoms in total. The van der Waals surface area contributed by atoms with Gasteiger partial charge in [-0.15, -0.1) is 0 Å². The molecule has 1 aromatic heterocycles. The molecule has 1 saturated carbocycles. The Balaban J connectivity index is 1.81. The molecule has 1 amide bonds. The molecular formula is C14H15N5O. The average molecular weight is 269 g/mol. The molecule has 3 heterocycles. The molecule has 20 heavy (non-hydrogen) atoms. The highest BCUT2D eigenvalue weighted by molar-refractivity contribution is 6.25. The molecule has 1 atom stereocenters.